The highest BCUT2D eigenvalue weighted by Gasteiger charge is 2.20. The number of aromatic nitrogens is 1. The first kappa shape index (κ1) is 14.9. The first-order valence-corrected chi connectivity index (χ1v) is 7.13. The molecule has 0 radical (unpaired) electrons. The van der Waals surface area contributed by atoms with E-state index < -0.39 is 0 Å². The van der Waals surface area contributed by atoms with Gasteiger partial charge in [-0.2, -0.15) is 0 Å². The van der Waals surface area contributed by atoms with Gasteiger partial charge in [0.1, 0.15) is 0 Å². The minimum atomic E-state index is 0.0393. The SMILES string of the molecule is CC/C=C/CC(=O)N(C)C(C)c1nc(C)sc1C. The normalized spacial score (nSPS) is 12.9. The van der Waals surface area contributed by atoms with Crippen LogP contribution in [0.25, 0.3) is 0 Å². The van der Waals surface area contributed by atoms with Crippen LogP contribution in [0.15, 0.2) is 12.2 Å². The second-order valence-corrected chi connectivity index (χ2v) is 5.85. The van der Waals surface area contributed by atoms with E-state index in [-0.39, 0.29) is 11.9 Å². The Morgan fingerprint density at radius 3 is 2.61 bits per heavy atom. The van der Waals surface area contributed by atoms with Crippen molar-refractivity contribution in [3.63, 3.8) is 0 Å². The third kappa shape index (κ3) is 3.67. The van der Waals surface area contributed by atoms with E-state index in [9.17, 15) is 4.79 Å². The summed E-state index contributed by atoms with van der Waals surface area (Å²) in [5.74, 6) is 0.136. The molecule has 100 valence electrons. The summed E-state index contributed by atoms with van der Waals surface area (Å²) in [6.45, 7) is 8.16. The van der Waals surface area contributed by atoms with E-state index in [1.54, 1.807) is 16.2 Å². The van der Waals surface area contributed by atoms with Gasteiger partial charge in [0.25, 0.3) is 0 Å². The zero-order chi connectivity index (χ0) is 13.7. The van der Waals surface area contributed by atoms with Crippen molar-refractivity contribution in [2.45, 2.75) is 46.6 Å². The number of carbonyl (C=O) groups is 1. The molecule has 0 saturated heterocycles. The molecule has 18 heavy (non-hydrogen) atoms. The maximum Gasteiger partial charge on any atom is 0.226 e. The molecule has 1 heterocycles. The molecule has 0 aliphatic rings. The fourth-order valence-corrected chi connectivity index (χ4v) is 2.73. The molecule has 0 spiro atoms. The van der Waals surface area contributed by atoms with Crippen molar-refractivity contribution >= 4 is 17.2 Å². The topological polar surface area (TPSA) is 33.2 Å². The van der Waals surface area contributed by atoms with E-state index in [0.717, 1.165) is 17.1 Å². The zero-order valence-corrected chi connectivity index (χ0v) is 12.7. The lowest BCUT2D eigenvalue weighted by atomic mass is 10.2. The molecular weight excluding hydrogens is 244 g/mol. The summed E-state index contributed by atoms with van der Waals surface area (Å²) >= 11 is 1.69. The van der Waals surface area contributed by atoms with Crippen LogP contribution in [0.3, 0.4) is 0 Å². The number of carbonyl (C=O) groups excluding carboxylic acids is 1. The molecule has 4 heteroatoms. The van der Waals surface area contributed by atoms with Gasteiger partial charge in [0.2, 0.25) is 5.91 Å². The Morgan fingerprint density at radius 1 is 1.44 bits per heavy atom. The van der Waals surface area contributed by atoms with Gasteiger partial charge in [0, 0.05) is 18.3 Å². The third-order valence-corrected chi connectivity index (χ3v) is 3.91. The Balaban J connectivity index is 2.71. The van der Waals surface area contributed by atoms with Crippen molar-refractivity contribution in [2.24, 2.45) is 0 Å². The summed E-state index contributed by atoms with van der Waals surface area (Å²) in [6, 6.07) is 0.0393. The van der Waals surface area contributed by atoms with Crippen LogP contribution in [0.4, 0.5) is 0 Å². The molecule has 0 aromatic carbocycles. The van der Waals surface area contributed by atoms with Gasteiger partial charge in [0.05, 0.1) is 16.7 Å². The van der Waals surface area contributed by atoms with Gasteiger partial charge >= 0.3 is 0 Å². The highest BCUT2D eigenvalue weighted by Crippen LogP contribution is 2.26. The van der Waals surface area contributed by atoms with Gasteiger partial charge < -0.3 is 4.90 Å². The number of rotatable bonds is 5. The highest BCUT2D eigenvalue weighted by molar-refractivity contribution is 7.11. The monoisotopic (exact) mass is 266 g/mol. The lowest BCUT2D eigenvalue weighted by molar-refractivity contribution is -0.130. The number of nitrogens with zero attached hydrogens (tertiary/aromatic N) is 2. The molecule has 1 rings (SSSR count). The smallest absolute Gasteiger partial charge is 0.226 e. The molecule has 1 atom stereocenters. The first-order chi connectivity index (χ1) is 8.47. The summed E-state index contributed by atoms with van der Waals surface area (Å²) in [4.78, 5) is 19.5. The number of amides is 1. The summed E-state index contributed by atoms with van der Waals surface area (Å²) in [6.07, 6.45) is 5.40. The van der Waals surface area contributed by atoms with Crippen molar-refractivity contribution in [2.75, 3.05) is 7.05 Å². The molecule has 0 aliphatic carbocycles. The molecule has 3 nitrogen and oxygen atoms in total. The van der Waals surface area contributed by atoms with Crippen LogP contribution in [0, 0.1) is 13.8 Å². The third-order valence-electron chi connectivity index (χ3n) is 3.00. The predicted octanol–water partition coefficient (Wildman–Crippen LogP) is 3.64. The maximum atomic E-state index is 12.0. The molecule has 0 N–H and O–H groups in total. The van der Waals surface area contributed by atoms with Gasteiger partial charge in [-0.1, -0.05) is 19.1 Å². The van der Waals surface area contributed by atoms with Crippen LogP contribution in [0.5, 0.6) is 0 Å². The Morgan fingerprint density at radius 2 is 2.11 bits per heavy atom. The Bertz CT molecular complexity index is 437. The van der Waals surface area contributed by atoms with Gasteiger partial charge in [-0.05, 0) is 27.2 Å². The Hall–Kier alpha value is -1.16. The lowest BCUT2D eigenvalue weighted by Crippen LogP contribution is -2.29. The maximum absolute atomic E-state index is 12.0. The summed E-state index contributed by atoms with van der Waals surface area (Å²) in [5, 5.41) is 1.06. The van der Waals surface area contributed by atoms with Crippen molar-refractivity contribution in [1.82, 2.24) is 9.88 Å². The van der Waals surface area contributed by atoms with E-state index >= 15 is 0 Å². The number of aryl methyl sites for hydroxylation is 2. The van der Waals surface area contributed by atoms with Crippen LogP contribution in [0.2, 0.25) is 0 Å². The van der Waals surface area contributed by atoms with Crippen molar-refractivity contribution in [3.05, 3.63) is 27.7 Å². The number of allylic oxidation sites excluding steroid dienone is 1. The van der Waals surface area contributed by atoms with Gasteiger partial charge in [-0.25, -0.2) is 4.98 Å². The number of thiazole rings is 1. The quantitative estimate of drug-likeness (QED) is 0.762. The minimum absolute atomic E-state index is 0.0393. The van der Waals surface area contributed by atoms with Crippen molar-refractivity contribution < 1.29 is 4.79 Å². The highest BCUT2D eigenvalue weighted by atomic mass is 32.1. The van der Waals surface area contributed by atoms with Crippen LogP contribution in [0.1, 0.15) is 48.3 Å². The second-order valence-electron chi connectivity index (χ2n) is 4.44. The largest absolute Gasteiger partial charge is 0.337 e. The molecule has 0 bridgehead atoms. The fraction of sp³-hybridized carbons (Fsp3) is 0.571. The van der Waals surface area contributed by atoms with E-state index in [4.69, 9.17) is 0 Å². The van der Waals surface area contributed by atoms with Crippen molar-refractivity contribution in [3.8, 4) is 0 Å². The van der Waals surface area contributed by atoms with E-state index in [0.29, 0.717) is 6.42 Å². The zero-order valence-electron chi connectivity index (χ0n) is 11.9. The Labute approximate surface area is 114 Å². The van der Waals surface area contributed by atoms with Gasteiger partial charge in [-0.3, -0.25) is 4.79 Å². The molecule has 1 aromatic rings. The molecule has 1 unspecified atom stereocenters. The fourth-order valence-electron chi connectivity index (χ4n) is 1.83. The summed E-state index contributed by atoms with van der Waals surface area (Å²) in [5.41, 5.74) is 1.02. The van der Waals surface area contributed by atoms with Crippen LogP contribution >= 0.6 is 11.3 Å². The average Bonchev–Trinajstić information content (AvgIpc) is 2.66. The van der Waals surface area contributed by atoms with Crippen LogP contribution in [-0.4, -0.2) is 22.8 Å². The minimum Gasteiger partial charge on any atom is -0.337 e. The van der Waals surface area contributed by atoms with Gasteiger partial charge in [0.15, 0.2) is 0 Å². The van der Waals surface area contributed by atoms with E-state index in [2.05, 4.69) is 18.8 Å². The second kappa shape index (κ2) is 6.69. The number of hydrogen-bond donors (Lipinski definition) is 0. The van der Waals surface area contributed by atoms with Crippen LogP contribution < -0.4 is 0 Å². The first-order valence-electron chi connectivity index (χ1n) is 6.32. The molecular formula is C14H22N2OS. The lowest BCUT2D eigenvalue weighted by Gasteiger charge is -2.23. The molecule has 0 fully saturated rings. The van der Waals surface area contributed by atoms with E-state index in [1.807, 2.05) is 33.0 Å². The predicted molar refractivity (Wildman–Crippen MR) is 76.8 cm³/mol. The molecule has 1 amide bonds. The summed E-state index contributed by atoms with van der Waals surface area (Å²) in [7, 11) is 1.85. The standard InChI is InChI=1S/C14H22N2OS/c1-6-7-8-9-13(17)16(5)10(2)14-11(3)18-12(4)15-14/h7-8,10H,6,9H2,1-5H3/b8-7+. The Kier molecular flexibility index (Phi) is 5.54. The van der Waals surface area contributed by atoms with Crippen molar-refractivity contribution in [1.29, 1.82) is 0 Å². The van der Waals surface area contributed by atoms with Gasteiger partial charge in [-0.15, -0.1) is 11.3 Å². The molecule has 0 aliphatic heterocycles. The number of hydrogen-bond acceptors (Lipinski definition) is 3. The molecule has 1 aromatic heterocycles. The van der Waals surface area contributed by atoms with Crippen LogP contribution in [-0.2, 0) is 4.79 Å². The summed E-state index contributed by atoms with van der Waals surface area (Å²) < 4.78 is 0. The van der Waals surface area contributed by atoms with E-state index in [1.165, 1.54) is 4.88 Å². The average molecular weight is 266 g/mol. The molecule has 0 saturated carbocycles.